The van der Waals surface area contributed by atoms with Gasteiger partial charge in [-0.1, -0.05) is 48.5 Å². The molecule has 3 rings (SSSR count). The number of carboxylic acid groups (broad SMARTS) is 1. The molecule has 0 heterocycles. The largest absolute Gasteiger partial charge is 0.489 e. The summed E-state index contributed by atoms with van der Waals surface area (Å²) in [7, 11) is 0. The molecule has 29 heavy (non-hydrogen) atoms. The maximum atomic E-state index is 13.7. The fourth-order valence-electron chi connectivity index (χ4n) is 2.82. The highest BCUT2D eigenvalue weighted by Gasteiger charge is 2.19. The van der Waals surface area contributed by atoms with Crippen LogP contribution in [0.3, 0.4) is 0 Å². The fraction of sp³-hybridized carbons (Fsp3) is 0.130. The van der Waals surface area contributed by atoms with Crippen LogP contribution in [0, 0.1) is 5.82 Å². The van der Waals surface area contributed by atoms with E-state index in [9.17, 15) is 14.0 Å². The molecule has 3 aromatic rings. The lowest BCUT2D eigenvalue weighted by Crippen LogP contribution is -2.35. The summed E-state index contributed by atoms with van der Waals surface area (Å²) in [6.45, 7) is -0.143. The van der Waals surface area contributed by atoms with Gasteiger partial charge in [0.2, 0.25) is 0 Å². The highest BCUT2D eigenvalue weighted by atomic mass is 19.1. The molecule has 3 aromatic carbocycles. The van der Waals surface area contributed by atoms with Crippen molar-refractivity contribution < 1.29 is 23.8 Å². The Morgan fingerprint density at radius 2 is 1.55 bits per heavy atom. The second kappa shape index (κ2) is 9.50. The third-order valence-corrected chi connectivity index (χ3v) is 4.28. The second-order valence-electron chi connectivity index (χ2n) is 6.45. The molecular weight excluding hydrogens is 373 g/mol. The monoisotopic (exact) mass is 393 g/mol. The van der Waals surface area contributed by atoms with Crippen LogP contribution in [-0.4, -0.2) is 28.4 Å². The topological polar surface area (TPSA) is 66.8 Å². The van der Waals surface area contributed by atoms with E-state index in [0.717, 1.165) is 5.56 Å². The van der Waals surface area contributed by atoms with Crippen molar-refractivity contribution in [2.24, 2.45) is 0 Å². The summed E-state index contributed by atoms with van der Waals surface area (Å²) in [5.74, 6) is -1.34. The van der Waals surface area contributed by atoms with Gasteiger partial charge in [-0.2, -0.15) is 0 Å². The van der Waals surface area contributed by atoms with Gasteiger partial charge in [-0.05, 0) is 35.9 Å². The van der Waals surface area contributed by atoms with E-state index in [1.807, 2.05) is 30.3 Å². The van der Waals surface area contributed by atoms with E-state index in [2.05, 4.69) is 0 Å². The molecule has 5 nitrogen and oxygen atoms in total. The molecule has 148 valence electrons. The summed E-state index contributed by atoms with van der Waals surface area (Å²) in [6, 6.07) is 21.9. The quantitative estimate of drug-likeness (QED) is 0.625. The summed E-state index contributed by atoms with van der Waals surface area (Å²) in [4.78, 5) is 25.3. The molecular formula is C23H20FNO4. The van der Waals surface area contributed by atoms with Gasteiger partial charge in [-0.3, -0.25) is 9.59 Å². The Hall–Kier alpha value is -3.67. The number of carboxylic acids is 1. The number of nitrogens with zero attached hydrogens (tertiary/aromatic N) is 1. The zero-order chi connectivity index (χ0) is 20.6. The van der Waals surface area contributed by atoms with Gasteiger partial charge in [0.15, 0.2) is 0 Å². The van der Waals surface area contributed by atoms with E-state index in [4.69, 9.17) is 9.84 Å². The minimum Gasteiger partial charge on any atom is -0.489 e. The Morgan fingerprint density at radius 1 is 0.897 bits per heavy atom. The second-order valence-corrected chi connectivity index (χ2v) is 6.45. The van der Waals surface area contributed by atoms with Gasteiger partial charge < -0.3 is 14.7 Å². The molecule has 0 fully saturated rings. The van der Waals surface area contributed by atoms with Crippen LogP contribution < -0.4 is 4.74 Å². The number of amides is 1. The minimum absolute atomic E-state index is 0.0686. The Balaban J connectivity index is 1.68. The Bertz CT molecular complexity index is 974. The van der Waals surface area contributed by atoms with E-state index in [1.165, 1.54) is 11.0 Å². The number of aliphatic carboxylic acids is 1. The summed E-state index contributed by atoms with van der Waals surface area (Å²) < 4.78 is 19.2. The maximum Gasteiger partial charge on any atom is 0.323 e. The molecule has 1 N–H and O–H groups in total. The average Bonchev–Trinajstić information content (AvgIpc) is 2.73. The highest BCUT2D eigenvalue weighted by molar-refractivity contribution is 5.95. The van der Waals surface area contributed by atoms with E-state index in [1.54, 1.807) is 42.5 Å². The van der Waals surface area contributed by atoms with Crippen molar-refractivity contribution in [3.8, 4) is 5.75 Å². The predicted molar refractivity (Wildman–Crippen MR) is 106 cm³/mol. The molecule has 6 heteroatoms. The van der Waals surface area contributed by atoms with Crippen LogP contribution in [0.15, 0.2) is 78.9 Å². The van der Waals surface area contributed by atoms with Gasteiger partial charge in [0.05, 0.1) is 0 Å². The third-order valence-electron chi connectivity index (χ3n) is 4.28. The van der Waals surface area contributed by atoms with E-state index < -0.39 is 18.4 Å². The standard InChI is InChI=1S/C23H20FNO4/c24-21-9-5-4-8-19(21)16-29-20-12-10-18(11-13-20)23(28)25(15-22(26)27)14-17-6-2-1-3-7-17/h1-13H,14-16H2,(H,26,27). The van der Waals surface area contributed by atoms with Gasteiger partial charge in [0, 0.05) is 17.7 Å². The number of ether oxygens (including phenoxy) is 1. The van der Waals surface area contributed by atoms with Crippen molar-refractivity contribution in [2.75, 3.05) is 6.54 Å². The summed E-state index contributed by atoms with van der Waals surface area (Å²) in [6.07, 6.45) is 0. The number of hydrogen-bond acceptors (Lipinski definition) is 3. The van der Waals surface area contributed by atoms with E-state index in [0.29, 0.717) is 16.9 Å². The van der Waals surface area contributed by atoms with Crippen LogP contribution in [0.1, 0.15) is 21.5 Å². The maximum absolute atomic E-state index is 13.7. The lowest BCUT2D eigenvalue weighted by atomic mass is 10.1. The van der Waals surface area contributed by atoms with Crippen molar-refractivity contribution in [3.05, 3.63) is 101 Å². The number of carbonyl (C=O) groups is 2. The molecule has 0 aliphatic rings. The average molecular weight is 393 g/mol. The molecule has 0 aromatic heterocycles. The lowest BCUT2D eigenvalue weighted by molar-refractivity contribution is -0.137. The first-order chi connectivity index (χ1) is 14.0. The Labute approximate surface area is 168 Å². The molecule has 1 amide bonds. The highest BCUT2D eigenvalue weighted by Crippen LogP contribution is 2.17. The SMILES string of the molecule is O=C(O)CN(Cc1ccccc1)C(=O)c1ccc(OCc2ccccc2F)cc1. The number of hydrogen-bond donors (Lipinski definition) is 1. The zero-order valence-electron chi connectivity index (χ0n) is 15.6. The minimum atomic E-state index is -1.08. The third kappa shape index (κ3) is 5.65. The zero-order valence-corrected chi connectivity index (χ0v) is 15.6. The van der Waals surface area contributed by atoms with Crippen molar-refractivity contribution in [1.29, 1.82) is 0 Å². The van der Waals surface area contributed by atoms with Crippen LogP contribution >= 0.6 is 0 Å². The van der Waals surface area contributed by atoms with Crippen molar-refractivity contribution in [3.63, 3.8) is 0 Å². The van der Waals surface area contributed by atoms with Crippen LogP contribution in [0.25, 0.3) is 0 Å². The van der Waals surface area contributed by atoms with Crippen molar-refractivity contribution in [2.45, 2.75) is 13.2 Å². The van der Waals surface area contributed by atoms with Gasteiger partial charge in [-0.25, -0.2) is 4.39 Å². The van der Waals surface area contributed by atoms with Crippen LogP contribution in [-0.2, 0) is 17.9 Å². The molecule has 0 saturated carbocycles. The molecule has 0 spiro atoms. The van der Waals surface area contributed by atoms with Crippen LogP contribution in [0.2, 0.25) is 0 Å². The van der Waals surface area contributed by atoms with Crippen LogP contribution in [0.4, 0.5) is 4.39 Å². The summed E-state index contributed by atoms with van der Waals surface area (Å²) in [5.41, 5.74) is 1.62. The van der Waals surface area contributed by atoms with Crippen LogP contribution in [0.5, 0.6) is 5.75 Å². The van der Waals surface area contributed by atoms with Crippen molar-refractivity contribution in [1.82, 2.24) is 4.90 Å². The van der Waals surface area contributed by atoms with Crippen molar-refractivity contribution >= 4 is 11.9 Å². The molecule has 0 aliphatic carbocycles. The molecule has 0 aliphatic heterocycles. The van der Waals surface area contributed by atoms with Gasteiger partial charge in [0.1, 0.15) is 24.7 Å². The number of benzene rings is 3. The first-order valence-electron chi connectivity index (χ1n) is 9.04. The Kier molecular flexibility index (Phi) is 6.58. The number of halogens is 1. The molecule has 0 radical (unpaired) electrons. The lowest BCUT2D eigenvalue weighted by Gasteiger charge is -2.21. The van der Waals surface area contributed by atoms with E-state index in [-0.39, 0.29) is 19.0 Å². The van der Waals surface area contributed by atoms with Gasteiger partial charge in [-0.15, -0.1) is 0 Å². The summed E-state index contributed by atoms with van der Waals surface area (Å²) in [5, 5.41) is 9.16. The normalized spacial score (nSPS) is 10.4. The fourth-order valence-corrected chi connectivity index (χ4v) is 2.82. The first kappa shape index (κ1) is 20.1. The number of carbonyl (C=O) groups excluding carboxylic acids is 1. The molecule has 0 atom stereocenters. The number of rotatable bonds is 8. The molecule has 0 bridgehead atoms. The predicted octanol–water partition coefficient (Wildman–Crippen LogP) is 4.13. The molecule has 0 saturated heterocycles. The first-order valence-corrected chi connectivity index (χ1v) is 9.04. The van der Waals surface area contributed by atoms with E-state index >= 15 is 0 Å². The summed E-state index contributed by atoms with van der Waals surface area (Å²) >= 11 is 0. The molecule has 0 unspecified atom stereocenters. The van der Waals surface area contributed by atoms with Gasteiger partial charge >= 0.3 is 5.97 Å². The Morgan fingerprint density at radius 3 is 2.21 bits per heavy atom. The van der Waals surface area contributed by atoms with Gasteiger partial charge in [0.25, 0.3) is 5.91 Å². The smallest absolute Gasteiger partial charge is 0.323 e.